The van der Waals surface area contributed by atoms with Gasteiger partial charge in [0, 0.05) is 5.56 Å². The standard InChI is InChI=1S/C18H12ClN3O.C7H12O2/c19-14-10-15-17(22-18(23)20-15)21-16(14)13-8-6-12(7-9-13)11-4-2-1-3-5-11;8-7(9)6-4-2-1-3-5-6/h1-10H,(H2,20,21,22,23);6H,1-5H2,(H,8,9). The summed E-state index contributed by atoms with van der Waals surface area (Å²) in [4.78, 5) is 31.5. The second-order valence-corrected chi connectivity index (χ2v) is 8.32. The molecule has 0 spiro atoms. The predicted octanol–water partition coefficient (Wildman–Crippen LogP) is 5.89. The average molecular weight is 450 g/mol. The van der Waals surface area contributed by atoms with Gasteiger partial charge >= 0.3 is 11.7 Å². The highest BCUT2D eigenvalue weighted by atomic mass is 35.5. The number of hydrogen-bond acceptors (Lipinski definition) is 3. The molecule has 2 aromatic heterocycles. The molecule has 1 aliphatic carbocycles. The topological polar surface area (TPSA) is 98.8 Å². The Kier molecular flexibility index (Phi) is 6.71. The number of rotatable bonds is 3. The van der Waals surface area contributed by atoms with Crippen LogP contribution in [0, 0.1) is 5.92 Å². The van der Waals surface area contributed by atoms with Gasteiger partial charge in [-0.2, -0.15) is 0 Å². The highest BCUT2D eigenvalue weighted by Crippen LogP contribution is 2.30. The average Bonchev–Trinajstić information content (AvgIpc) is 3.19. The van der Waals surface area contributed by atoms with E-state index in [0.29, 0.717) is 21.9 Å². The van der Waals surface area contributed by atoms with Crippen LogP contribution in [0.1, 0.15) is 32.1 Å². The number of nitrogens with zero attached hydrogens (tertiary/aromatic N) is 1. The number of H-pyrrole nitrogens is 2. The zero-order valence-corrected chi connectivity index (χ0v) is 18.2. The Morgan fingerprint density at radius 3 is 2.16 bits per heavy atom. The van der Waals surface area contributed by atoms with Crippen LogP contribution in [0.4, 0.5) is 0 Å². The first-order chi connectivity index (χ1) is 15.5. The molecule has 32 heavy (non-hydrogen) atoms. The first kappa shape index (κ1) is 21.8. The van der Waals surface area contributed by atoms with Gasteiger partial charge in [0.1, 0.15) is 0 Å². The maximum Gasteiger partial charge on any atom is 0.325 e. The molecule has 0 bridgehead atoms. The van der Waals surface area contributed by atoms with Gasteiger partial charge in [0.25, 0.3) is 0 Å². The zero-order chi connectivity index (χ0) is 22.5. The Morgan fingerprint density at radius 1 is 0.906 bits per heavy atom. The van der Waals surface area contributed by atoms with Crippen LogP contribution >= 0.6 is 11.6 Å². The monoisotopic (exact) mass is 449 g/mol. The van der Waals surface area contributed by atoms with Crippen molar-refractivity contribution in [2.24, 2.45) is 5.92 Å². The maximum atomic E-state index is 11.4. The van der Waals surface area contributed by atoms with E-state index in [1.165, 1.54) is 6.42 Å². The number of pyridine rings is 1. The number of aliphatic carboxylic acids is 1. The fraction of sp³-hybridized carbons (Fsp3) is 0.240. The molecule has 2 heterocycles. The number of fused-ring (bicyclic) bond motifs is 1. The van der Waals surface area contributed by atoms with Gasteiger partial charge in [-0.15, -0.1) is 0 Å². The fourth-order valence-electron chi connectivity index (χ4n) is 3.94. The van der Waals surface area contributed by atoms with Gasteiger partial charge in [-0.3, -0.25) is 9.78 Å². The Balaban J connectivity index is 0.000000230. The second kappa shape index (κ2) is 9.83. The van der Waals surface area contributed by atoms with E-state index in [0.717, 1.165) is 42.4 Å². The van der Waals surface area contributed by atoms with Crippen molar-refractivity contribution in [1.82, 2.24) is 15.0 Å². The van der Waals surface area contributed by atoms with Crippen molar-refractivity contribution in [2.45, 2.75) is 32.1 Å². The van der Waals surface area contributed by atoms with Crippen molar-refractivity contribution in [3.63, 3.8) is 0 Å². The molecular formula is C25H24ClN3O3. The lowest BCUT2D eigenvalue weighted by atomic mass is 9.90. The number of imidazole rings is 1. The van der Waals surface area contributed by atoms with Crippen LogP contribution in [0.5, 0.6) is 0 Å². The van der Waals surface area contributed by atoms with Crippen LogP contribution in [-0.2, 0) is 4.79 Å². The lowest BCUT2D eigenvalue weighted by molar-refractivity contribution is -0.142. The molecule has 0 amide bonds. The molecule has 0 radical (unpaired) electrons. The lowest BCUT2D eigenvalue weighted by Gasteiger charge is -2.16. The largest absolute Gasteiger partial charge is 0.481 e. The number of hydrogen-bond donors (Lipinski definition) is 3. The Morgan fingerprint density at radius 2 is 1.53 bits per heavy atom. The number of carboxylic acids is 1. The number of carbonyl (C=O) groups is 1. The molecule has 6 nitrogen and oxygen atoms in total. The van der Waals surface area contributed by atoms with Crippen LogP contribution in [0.2, 0.25) is 5.02 Å². The van der Waals surface area contributed by atoms with Crippen molar-refractivity contribution < 1.29 is 9.90 Å². The first-order valence-corrected chi connectivity index (χ1v) is 11.1. The van der Waals surface area contributed by atoms with Gasteiger partial charge in [0.15, 0.2) is 5.65 Å². The molecule has 1 aliphatic rings. The van der Waals surface area contributed by atoms with E-state index in [2.05, 4.69) is 27.1 Å². The molecule has 2 aromatic carbocycles. The third-order valence-corrected chi connectivity index (χ3v) is 5.96. The molecule has 0 saturated heterocycles. The third-order valence-electron chi connectivity index (χ3n) is 5.68. The van der Waals surface area contributed by atoms with Crippen molar-refractivity contribution in [1.29, 1.82) is 0 Å². The molecule has 0 aliphatic heterocycles. The summed E-state index contributed by atoms with van der Waals surface area (Å²) in [7, 11) is 0. The number of halogens is 1. The number of nitrogens with one attached hydrogen (secondary N) is 2. The minimum absolute atomic E-state index is 0.0289. The summed E-state index contributed by atoms with van der Waals surface area (Å²) < 4.78 is 0. The normalized spacial score (nSPS) is 14.0. The lowest BCUT2D eigenvalue weighted by Crippen LogP contribution is -2.16. The minimum atomic E-state index is -0.602. The van der Waals surface area contributed by atoms with Gasteiger partial charge in [-0.05, 0) is 30.0 Å². The molecule has 3 N–H and O–H groups in total. The summed E-state index contributed by atoms with van der Waals surface area (Å²) in [5.41, 5.74) is 4.64. The minimum Gasteiger partial charge on any atom is -0.481 e. The van der Waals surface area contributed by atoms with E-state index < -0.39 is 5.97 Å². The highest BCUT2D eigenvalue weighted by molar-refractivity contribution is 6.33. The van der Waals surface area contributed by atoms with Gasteiger partial charge in [-0.25, -0.2) is 9.78 Å². The van der Waals surface area contributed by atoms with E-state index in [1.54, 1.807) is 6.07 Å². The number of aromatic nitrogens is 3. The van der Waals surface area contributed by atoms with Crippen LogP contribution < -0.4 is 5.69 Å². The van der Waals surface area contributed by atoms with Gasteiger partial charge < -0.3 is 10.1 Å². The van der Waals surface area contributed by atoms with Crippen LogP contribution in [0.15, 0.2) is 65.5 Å². The van der Waals surface area contributed by atoms with Crippen molar-refractivity contribution in [2.75, 3.05) is 0 Å². The highest BCUT2D eigenvalue weighted by Gasteiger charge is 2.19. The zero-order valence-electron chi connectivity index (χ0n) is 17.5. The maximum absolute atomic E-state index is 11.4. The SMILES string of the molecule is O=C(O)C1CCCCC1.O=c1[nH]c2cc(Cl)c(-c3ccc(-c4ccccc4)cc3)nc2[nH]1. The van der Waals surface area contributed by atoms with Gasteiger partial charge in [-0.1, -0.05) is 85.5 Å². The molecule has 0 unspecified atom stereocenters. The van der Waals surface area contributed by atoms with Crippen molar-refractivity contribution in [3.05, 3.63) is 76.2 Å². The summed E-state index contributed by atoms with van der Waals surface area (Å²) in [6.07, 6.45) is 5.24. The summed E-state index contributed by atoms with van der Waals surface area (Å²) in [5.74, 6) is -0.631. The quantitative estimate of drug-likeness (QED) is 0.363. The first-order valence-electron chi connectivity index (χ1n) is 10.7. The Labute approximate surface area is 190 Å². The molecule has 0 atom stereocenters. The summed E-state index contributed by atoms with van der Waals surface area (Å²) in [6.45, 7) is 0. The van der Waals surface area contributed by atoms with Crippen LogP contribution in [0.3, 0.4) is 0 Å². The molecular weight excluding hydrogens is 426 g/mol. The number of aromatic amines is 2. The van der Waals surface area contributed by atoms with E-state index in [-0.39, 0.29) is 11.6 Å². The molecule has 7 heteroatoms. The molecule has 4 aromatic rings. The van der Waals surface area contributed by atoms with E-state index in [4.69, 9.17) is 16.7 Å². The van der Waals surface area contributed by atoms with E-state index in [1.807, 2.05) is 42.5 Å². The predicted molar refractivity (Wildman–Crippen MR) is 127 cm³/mol. The molecule has 164 valence electrons. The third kappa shape index (κ3) is 5.08. The summed E-state index contributed by atoms with van der Waals surface area (Å²) in [5, 5.41) is 9.04. The van der Waals surface area contributed by atoms with E-state index >= 15 is 0 Å². The molecule has 5 rings (SSSR count). The summed E-state index contributed by atoms with van der Waals surface area (Å²) >= 11 is 6.31. The number of carboxylic acid groups (broad SMARTS) is 1. The van der Waals surface area contributed by atoms with E-state index in [9.17, 15) is 9.59 Å². The van der Waals surface area contributed by atoms with Crippen LogP contribution in [-0.4, -0.2) is 26.0 Å². The Bertz CT molecular complexity index is 1260. The van der Waals surface area contributed by atoms with Gasteiger partial charge in [0.05, 0.1) is 22.2 Å². The van der Waals surface area contributed by atoms with Crippen molar-refractivity contribution in [3.8, 4) is 22.4 Å². The fourth-order valence-corrected chi connectivity index (χ4v) is 4.20. The van der Waals surface area contributed by atoms with Gasteiger partial charge in [0.2, 0.25) is 0 Å². The number of benzene rings is 2. The Hall–Kier alpha value is -3.38. The second-order valence-electron chi connectivity index (χ2n) is 7.91. The summed E-state index contributed by atoms with van der Waals surface area (Å²) in [6, 6.07) is 19.9. The molecule has 1 saturated carbocycles. The smallest absolute Gasteiger partial charge is 0.325 e. The molecule has 1 fully saturated rings. The van der Waals surface area contributed by atoms with Crippen molar-refractivity contribution >= 4 is 28.7 Å². The van der Waals surface area contributed by atoms with Crippen LogP contribution in [0.25, 0.3) is 33.5 Å².